The van der Waals surface area contributed by atoms with Gasteiger partial charge in [0.1, 0.15) is 17.4 Å². The largest absolute Gasteiger partial charge is 0.497 e. The fourth-order valence-corrected chi connectivity index (χ4v) is 6.41. The molecule has 3 heterocycles. The molecule has 2 bridgehead atoms. The summed E-state index contributed by atoms with van der Waals surface area (Å²) in [5, 5.41) is 10.4. The molecule has 202 valence electrons. The highest BCUT2D eigenvalue weighted by Gasteiger charge is 2.75. The number of aliphatic hydroxyl groups is 1. The van der Waals surface area contributed by atoms with Crippen LogP contribution in [-0.4, -0.2) is 78.4 Å². The van der Waals surface area contributed by atoms with Crippen molar-refractivity contribution >= 4 is 23.5 Å². The summed E-state index contributed by atoms with van der Waals surface area (Å²) >= 11 is 0. The number of carbonyl (C=O) groups is 3. The molecule has 3 saturated heterocycles. The molecule has 3 aliphatic heterocycles. The van der Waals surface area contributed by atoms with Gasteiger partial charge in [0.2, 0.25) is 5.91 Å². The van der Waals surface area contributed by atoms with Gasteiger partial charge in [0, 0.05) is 12.2 Å². The molecule has 2 unspecified atom stereocenters. The van der Waals surface area contributed by atoms with E-state index < -0.39 is 41.6 Å². The zero-order chi connectivity index (χ0) is 26.9. The Balaban J connectivity index is 1.82. The third-order valence-corrected chi connectivity index (χ3v) is 8.34. The Morgan fingerprint density at radius 2 is 2.03 bits per heavy atom. The Bertz CT molecular complexity index is 1030. The van der Waals surface area contributed by atoms with E-state index in [1.54, 1.807) is 49.3 Å². The van der Waals surface area contributed by atoms with E-state index in [1.807, 2.05) is 13.8 Å². The van der Waals surface area contributed by atoms with E-state index in [1.165, 1.54) is 4.90 Å². The van der Waals surface area contributed by atoms with E-state index in [9.17, 15) is 19.5 Å². The summed E-state index contributed by atoms with van der Waals surface area (Å²) in [4.78, 5) is 44.7. The van der Waals surface area contributed by atoms with Gasteiger partial charge >= 0.3 is 5.97 Å². The summed E-state index contributed by atoms with van der Waals surface area (Å²) in [5.74, 6) is -2.16. The predicted molar refractivity (Wildman–Crippen MR) is 137 cm³/mol. The van der Waals surface area contributed by atoms with E-state index in [4.69, 9.17) is 14.2 Å². The second-order valence-corrected chi connectivity index (χ2v) is 10.1. The Hall–Kier alpha value is -2.91. The number of likely N-dealkylation sites (tertiary alicyclic amines) is 1. The van der Waals surface area contributed by atoms with Crippen LogP contribution in [0.4, 0.5) is 5.69 Å². The Morgan fingerprint density at radius 1 is 1.32 bits per heavy atom. The summed E-state index contributed by atoms with van der Waals surface area (Å²) in [6.45, 7) is 9.59. The number of aliphatic hydroxyl groups excluding tert-OH is 1. The van der Waals surface area contributed by atoms with Crippen molar-refractivity contribution in [3.8, 4) is 5.75 Å². The highest BCUT2D eigenvalue weighted by Crippen LogP contribution is 2.59. The zero-order valence-electron chi connectivity index (χ0n) is 22.1. The number of amides is 2. The Labute approximate surface area is 218 Å². The van der Waals surface area contributed by atoms with Crippen molar-refractivity contribution in [2.24, 2.45) is 17.8 Å². The predicted octanol–water partition coefficient (Wildman–Crippen LogP) is 2.56. The van der Waals surface area contributed by atoms with E-state index in [0.29, 0.717) is 30.7 Å². The second kappa shape index (κ2) is 10.8. The number of anilines is 1. The maximum atomic E-state index is 14.5. The van der Waals surface area contributed by atoms with E-state index in [2.05, 4.69) is 6.58 Å². The highest BCUT2D eigenvalue weighted by molar-refractivity contribution is 6.04. The molecule has 1 aromatic rings. The smallest absolute Gasteiger partial charge is 0.312 e. The number of methoxy groups -OCH3 is 1. The van der Waals surface area contributed by atoms with E-state index in [-0.39, 0.29) is 37.5 Å². The summed E-state index contributed by atoms with van der Waals surface area (Å²) in [7, 11) is 1.57. The quantitative estimate of drug-likeness (QED) is 0.357. The van der Waals surface area contributed by atoms with E-state index in [0.717, 1.165) is 0 Å². The van der Waals surface area contributed by atoms with Gasteiger partial charge in [-0.15, -0.1) is 6.58 Å². The lowest BCUT2D eigenvalue weighted by Gasteiger charge is -2.40. The van der Waals surface area contributed by atoms with Crippen LogP contribution in [0.3, 0.4) is 0 Å². The molecular weight excluding hydrogens is 476 g/mol. The van der Waals surface area contributed by atoms with E-state index >= 15 is 0 Å². The van der Waals surface area contributed by atoms with Crippen LogP contribution < -0.4 is 9.64 Å². The maximum absolute atomic E-state index is 14.5. The van der Waals surface area contributed by atoms with Gasteiger partial charge in [-0.25, -0.2) is 0 Å². The molecule has 9 heteroatoms. The van der Waals surface area contributed by atoms with Crippen LogP contribution in [0.5, 0.6) is 5.75 Å². The van der Waals surface area contributed by atoms with Crippen LogP contribution in [0.15, 0.2) is 36.9 Å². The summed E-state index contributed by atoms with van der Waals surface area (Å²) in [6.07, 6.45) is 2.88. The van der Waals surface area contributed by atoms with Crippen molar-refractivity contribution < 1.29 is 33.7 Å². The van der Waals surface area contributed by atoms with Gasteiger partial charge in [-0.3, -0.25) is 14.4 Å². The van der Waals surface area contributed by atoms with Gasteiger partial charge in [0.05, 0.1) is 44.3 Å². The molecule has 1 N–H and O–H groups in total. The molecule has 0 aliphatic carbocycles. The SMILES string of the molecule is C=CCN(C(=O)C1N([C@@H](CO)[C@@H](C)CC)C(=O)[C@@H]2[C@@H](C(=O)OCC)[C@H]3CCC12O3)c1ccc(OC)cc1. The van der Waals surface area contributed by atoms with Crippen molar-refractivity contribution in [2.75, 3.05) is 31.8 Å². The van der Waals surface area contributed by atoms with Crippen LogP contribution in [0.2, 0.25) is 0 Å². The number of hydrogen-bond acceptors (Lipinski definition) is 7. The van der Waals surface area contributed by atoms with Gasteiger partial charge in [-0.2, -0.15) is 0 Å². The number of fused-ring (bicyclic) bond motifs is 1. The van der Waals surface area contributed by atoms with Crippen molar-refractivity contribution in [1.29, 1.82) is 0 Å². The van der Waals surface area contributed by atoms with Crippen LogP contribution in [-0.2, 0) is 23.9 Å². The van der Waals surface area contributed by atoms with Crippen molar-refractivity contribution in [3.05, 3.63) is 36.9 Å². The van der Waals surface area contributed by atoms with Crippen LogP contribution in [0, 0.1) is 17.8 Å². The third-order valence-electron chi connectivity index (χ3n) is 8.34. The van der Waals surface area contributed by atoms with Gasteiger partial charge in [-0.1, -0.05) is 26.3 Å². The summed E-state index contributed by atoms with van der Waals surface area (Å²) < 4.78 is 17.1. The first kappa shape index (κ1) is 27.1. The number of nitrogens with zero attached hydrogens (tertiary/aromatic N) is 2. The van der Waals surface area contributed by atoms with Gasteiger partial charge in [0.15, 0.2) is 0 Å². The molecule has 3 aliphatic rings. The molecule has 37 heavy (non-hydrogen) atoms. The van der Waals surface area contributed by atoms with Crippen LogP contribution >= 0.6 is 0 Å². The molecule has 9 nitrogen and oxygen atoms in total. The minimum Gasteiger partial charge on any atom is -0.497 e. The molecule has 4 rings (SSSR count). The molecule has 0 radical (unpaired) electrons. The Kier molecular flexibility index (Phi) is 7.94. The highest BCUT2D eigenvalue weighted by atomic mass is 16.6. The monoisotopic (exact) mass is 514 g/mol. The average molecular weight is 515 g/mol. The molecule has 0 aromatic heterocycles. The van der Waals surface area contributed by atoms with Crippen LogP contribution in [0.25, 0.3) is 0 Å². The van der Waals surface area contributed by atoms with Crippen molar-refractivity contribution in [3.63, 3.8) is 0 Å². The first-order valence-electron chi connectivity index (χ1n) is 13.1. The maximum Gasteiger partial charge on any atom is 0.312 e. The second-order valence-electron chi connectivity index (χ2n) is 10.1. The number of carbonyl (C=O) groups excluding carboxylic acids is 3. The summed E-state index contributed by atoms with van der Waals surface area (Å²) in [5.41, 5.74) is -0.542. The third kappa shape index (κ3) is 4.32. The average Bonchev–Trinajstić information content (AvgIpc) is 3.55. The number of esters is 1. The number of benzene rings is 1. The van der Waals surface area contributed by atoms with Crippen molar-refractivity contribution in [2.45, 2.75) is 63.8 Å². The molecule has 3 fully saturated rings. The van der Waals surface area contributed by atoms with Gasteiger partial charge in [0.25, 0.3) is 5.91 Å². The first-order chi connectivity index (χ1) is 17.8. The number of ether oxygens (including phenoxy) is 3. The molecule has 1 aromatic carbocycles. The lowest BCUT2D eigenvalue weighted by molar-refractivity contribution is -0.155. The van der Waals surface area contributed by atoms with Gasteiger partial charge in [-0.05, 0) is 49.9 Å². The fraction of sp³-hybridized carbons (Fsp3) is 0.607. The number of hydrogen-bond donors (Lipinski definition) is 1. The topological polar surface area (TPSA) is 106 Å². The minimum absolute atomic E-state index is 0.0773. The molecular formula is C28H38N2O7. The van der Waals surface area contributed by atoms with Crippen LogP contribution in [0.1, 0.15) is 40.0 Å². The minimum atomic E-state index is -1.16. The standard InChI is InChI=1S/C28H38N2O7/c1-6-15-29(18-9-11-19(35-5)12-10-18)26(33)24-28-14-13-21(37-28)22(27(34)36-8-3)23(28)25(32)30(24)20(16-31)17(4)7-2/h6,9-12,17,20-24,31H,1,7-8,13-16H2,2-5H3/t17-,20-,21+,22-,23-,24?,28?/m0/s1. The fourth-order valence-electron chi connectivity index (χ4n) is 6.41. The summed E-state index contributed by atoms with van der Waals surface area (Å²) in [6, 6.07) is 5.50. The normalized spacial score (nSPS) is 29.5. The lowest BCUT2D eigenvalue weighted by Crippen LogP contribution is -2.60. The molecule has 0 saturated carbocycles. The molecule has 2 amide bonds. The zero-order valence-corrected chi connectivity index (χ0v) is 22.1. The Morgan fingerprint density at radius 3 is 2.59 bits per heavy atom. The molecule has 1 spiro atoms. The first-order valence-corrected chi connectivity index (χ1v) is 13.1. The molecule has 7 atom stereocenters. The lowest BCUT2D eigenvalue weighted by atomic mass is 9.70. The number of rotatable bonds is 11. The van der Waals surface area contributed by atoms with Gasteiger partial charge < -0.3 is 29.1 Å². The van der Waals surface area contributed by atoms with Crippen molar-refractivity contribution in [1.82, 2.24) is 4.90 Å².